The van der Waals surface area contributed by atoms with E-state index < -0.39 is 0 Å². The number of pyridine rings is 2. The Morgan fingerprint density at radius 1 is 1.00 bits per heavy atom. The van der Waals surface area contributed by atoms with Crippen LogP contribution in [0.25, 0.3) is 11.0 Å². The van der Waals surface area contributed by atoms with Crippen molar-refractivity contribution in [1.82, 2.24) is 25.3 Å². The van der Waals surface area contributed by atoms with Gasteiger partial charge in [-0.1, -0.05) is 24.3 Å². The molecule has 2 N–H and O–H groups in total. The Morgan fingerprint density at radius 3 is 2.86 bits per heavy atom. The van der Waals surface area contributed by atoms with Crippen molar-refractivity contribution in [2.75, 3.05) is 0 Å². The lowest BCUT2D eigenvalue weighted by Gasteiger charge is -2.25. The zero-order valence-electron chi connectivity index (χ0n) is 15.7. The van der Waals surface area contributed by atoms with Crippen LogP contribution in [0.3, 0.4) is 0 Å². The van der Waals surface area contributed by atoms with Crippen LogP contribution < -0.4 is 5.32 Å². The molecule has 0 bridgehead atoms. The lowest BCUT2D eigenvalue weighted by molar-refractivity contribution is 0.446. The predicted octanol–water partition coefficient (Wildman–Crippen LogP) is 4.11. The second-order valence-electron chi connectivity index (χ2n) is 7.36. The number of hydrogen-bond acceptors (Lipinski definition) is 4. The summed E-state index contributed by atoms with van der Waals surface area (Å²) in [4.78, 5) is 17.4. The van der Waals surface area contributed by atoms with Crippen LogP contribution in [0.4, 0.5) is 0 Å². The van der Waals surface area contributed by atoms with Crippen molar-refractivity contribution >= 4 is 11.0 Å². The van der Waals surface area contributed by atoms with Crippen molar-refractivity contribution in [3.63, 3.8) is 0 Å². The fourth-order valence-electron chi connectivity index (χ4n) is 4.08. The first kappa shape index (κ1) is 17.1. The third-order valence-electron chi connectivity index (χ3n) is 5.49. The van der Waals surface area contributed by atoms with Gasteiger partial charge in [0.05, 0.1) is 28.5 Å². The Morgan fingerprint density at radius 2 is 1.89 bits per heavy atom. The second kappa shape index (κ2) is 7.52. The molecule has 28 heavy (non-hydrogen) atoms. The highest BCUT2D eigenvalue weighted by atomic mass is 15.0. The number of H-pyrrole nitrogens is 1. The molecule has 1 unspecified atom stereocenters. The van der Waals surface area contributed by atoms with E-state index in [0.29, 0.717) is 12.5 Å². The Balaban J connectivity index is 1.34. The molecular weight excluding hydrogens is 346 g/mol. The van der Waals surface area contributed by atoms with Crippen LogP contribution in [0.5, 0.6) is 0 Å². The molecule has 0 saturated heterocycles. The number of hydrogen-bond donors (Lipinski definition) is 2. The second-order valence-corrected chi connectivity index (χ2v) is 7.36. The summed E-state index contributed by atoms with van der Waals surface area (Å²) < 4.78 is 0. The van der Waals surface area contributed by atoms with Crippen LogP contribution in [-0.4, -0.2) is 19.9 Å². The summed E-state index contributed by atoms with van der Waals surface area (Å²) in [7, 11) is 0. The zero-order chi connectivity index (χ0) is 18.8. The van der Waals surface area contributed by atoms with Crippen molar-refractivity contribution in [2.24, 2.45) is 0 Å². The summed E-state index contributed by atoms with van der Waals surface area (Å²) in [5.74, 6) is 0.950. The third kappa shape index (κ3) is 3.41. The van der Waals surface area contributed by atoms with E-state index in [4.69, 9.17) is 4.98 Å². The molecule has 0 radical (unpaired) electrons. The molecule has 1 aliphatic carbocycles. The standard InChI is InChI=1S/C23H23N5/c1-2-10-19-18(9-1)27-22(28-19)14-21-17(8-5-12-24-21)15-26-20-11-3-6-16-7-4-13-25-23(16)20/h1-2,4-5,7-10,12-13,20,26H,3,6,11,14-15H2,(H,27,28). The van der Waals surface area contributed by atoms with Crippen molar-refractivity contribution < 1.29 is 0 Å². The van der Waals surface area contributed by atoms with Crippen molar-refractivity contribution in [3.05, 3.63) is 89.3 Å². The average molecular weight is 369 g/mol. The number of para-hydroxylation sites is 2. The monoisotopic (exact) mass is 369 g/mol. The summed E-state index contributed by atoms with van der Waals surface area (Å²) in [6.45, 7) is 0.782. The number of rotatable bonds is 5. The van der Waals surface area contributed by atoms with E-state index in [1.807, 2.05) is 42.7 Å². The minimum Gasteiger partial charge on any atom is -0.342 e. The molecule has 5 nitrogen and oxygen atoms in total. The maximum absolute atomic E-state index is 4.70. The topological polar surface area (TPSA) is 66.5 Å². The maximum Gasteiger partial charge on any atom is 0.113 e. The predicted molar refractivity (Wildman–Crippen MR) is 110 cm³/mol. The van der Waals surface area contributed by atoms with Gasteiger partial charge in [0.25, 0.3) is 0 Å². The molecule has 0 spiro atoms. The SMILES string of the molecule is c1cnc(Cc2nc3ccccc3[nH]2)c(CNC2CCCc3cccnc32)c1. The minimum atomic E-state index is 0.309. The van der Waals surface area contributed by atoms with Gasteiger partial charge < -0.3 is 10.3 Å². The van der Waals surface area contributed by atoms with E-state index in [1.165, 1.54) is 23.2 Å². The smallest absolute Gasteiger partial charge is 0.113 e. The molecule has 0 amide bonds. The summed E-state index contributed by atoms with van der Waals surface area (Å²) in [5.41, 5.74) is 6.92. The number of aryl methyl sites for hydroxylation is 1. The van der Waals surface area contributed by atoms with Crippen LogP contribution in [0.15, 0.2) is 60.9 Å². The first-order valence-electron chi connectivity index (χ1n) is 9.90. The molecule has 1 atom stereocenters. The molecule has 3 aromatic heterocycles. The van der Waals surface area contributed by atoms with Crippen molar-refractivity contribution in [3.8, 4) is 0 Å². The van der Waals surface area contributed by atoms with Gasteiger partial charge in [-0.2, -0.15) is 0 Å². The summed E-state index contributed by atoms with van der Waals surface area (Å²) in [6, 6.07) is 16.8. The third-order valence-corrected chi connectivity index (χ3v) is 5.49. The van der Waals surface area contributed by atoms with E-state index in [1.54, 1.807) is 0 Å². The Bertz CT molecular complexity index is 1070. The van der Waals surface area contributed by atoms with Crippen LogP contribution in [-0.2, 0) is 19.4 Å². The van der Waals surface area contributed by atoms with Crippen LogP contribution in [0, 0.1) is 0 Å². The molecule has 3 heterocycles. The van der Waals surface area contributed by atoms with E-state index in [2.05, 4.69) is 38.5 Å². The molecular formula is C23H23N5. The first-order chi connectivity index (χ1) is 13.9. The summed E-state index contributed by atoms with van der Waals surface area (Å²) in [6.07, 6.45) is 7.92. The molecule has 0 aliphatic heterocycles. The van der Waals surface area contributed by atoms with Crippen LogP contribution in [0.1, 0.15) is 47.2 Å². The lowest BCUT2D eigenvalue weighted by atomic mass is 9.92. The number of benzene rings is 1. The molecule has 1 aromatic carbocycles. The van der Waals surface area contributed by atoms with E-state index in [9.17, 15) is 0 Å². The number of nitrogens with one attached hydrogen (secondary N) is 2. The number of nitrogens with zero attached hydrogens (tertiary/aromatic N) is 3. The summed E-state index contributed by atoms with van der Waals surface area (Å²) in [5, 5.41) is 3.71. The van der Waals surface area contributed by atoms with Crippen molar-refractivity contribution in [1.29, 1.82) is 0 Å². The fourth-order valence-corrected chi connectivity index (χ4v) is 4.08. The lowest BCUT2D eigenvalue weighted by Crippen LogP contribution is -2.26. The van der Waals surface area contributed by atoms with Gasteiger partial charge in [-0.25, -0.2) is 4.98 Å². The number of aromatic nitrogens is 4. The number of imidazole rings is 1. The van der Waals surface area contributed by atoms with Gasteiger partial charge in [0, 0.05) is 25.4 Å². The highest BCUT2D eigenvalue weighted by Crippen LogP contribution is 2.28. The minimum absolute atomic E-state index is 0.309. The van der Waals surface area contributed by atoms with Gasteiger partial charge in [0.2, 0.25) is 0 Å². The Kier molecular flexibility index (Phi) is 4.59. The Hall–Kier alpha value is -3.05. The van der Waals surface area contributed by atoms with E-state index >= 15 is 0 Å². The molecule has 4 aromatic rings. The largest absolute Gasteiger partial charge is 0.342 e. The summed E-state index contributed by atoms with van der Waals surface area (Å²) >= 11 is 0. The van der Waals surface area contributed by atoms with Crippen LogP contribution in [0.2, 0.25) is 0 Å². The van der Waals surface area contributed by atoms with Crippen LogP contribution >= 0.6 is 0 Å². The molecule has 0 saturated carbocycles. The van der Waals surface area contributed by atoms with Gasteiger partial charge in [-0.15, -0.1) is 0 Å². The Labute approximate surface area is 164 Å². The average Bonchev–Trinajstić information content (AvgIpc) is 3.15. The molecule has 140 valence electrons. The highest BCUT2D eigenvalue weighted by molar-refractivity contribution is 5.74. The first-order valence-corrected chi connectivity index (χ1v) is 9.90. The number of fused-ring (bicyclic) bond motifs is 2. The number of aromatic amines is 1. The van der Waals surface area contributed by atoms with Crippen molar-refractivity contribution in [2.45, 2.75) is 38.3 Å². The molecule has 0 fully saturated rings. The van der Waals surface area contributed by atoms with Gasteiger partial charge in [0.15, 0.2) is 0 Å². The quantitative estimate of drug-likeness (QED) is 0.556. The van der Waals surface area contributed by atoms with Gasteiger partial charge in [0.1, 0.15) is 5.82 Å². The fraction of sp³-hybridized carbons (Fsp3) is 0.261. The molecule has 1 aliphatic rings. The molecule has 5 heteroatoms. The van der Waals surface area contributed by atoms with Gasteiger partial charge in [-0.05, 0) is 54.7 Å². The zero-order valence-corrected chi connectivity index (χ0v) is 15.7. The van der Waals surface area contributed by atoms with Gasteiger partial charge >= 0.3 is 0 Å². The van der Waals surface area contributed by atoms with E-state index in [0.717, 1.165) is 41.9 Å². The molecule has 5 rings (SSSR count). The van der Waals surface area contributed by atoms with E-state index in [-0.39, 0.29) is 0 Å². The van der Waals surface area contributed by atoms with Gasteiger partial charge in [-0.3, -0.25) is 9.97 Å². The normalized spacial score (nSPS) is 16.2. The highest BCUT2D eigenvalue weighted by Gasteiger charge is 2.21. The maximum atomic E-state index is 4.70.